The van der Waals surface area contributed by atoms with Crippen molar-refractivity contribution in [1.82, 2.24) is 4.90 Å². The smallest absolute Gasteiger partial charge is 0.222 e. The average molecular weight is 264 g/mol. The Morgan fingerprint density at radius 3 is 2.47 bits per heavy atom. The lowest BCUT2D eigenvalue weighted by molar-refractivity contribution is -0.134. The van der Waals surface area contributed by atoms with Gasteiger partial charge in [0.25, 0.3) is 0 Å². The maximum atomic E-state index is 12.4. The van der Waals surface area contributed by atoms with Crippen LogP contribution in [-0.4, -0.2) is 30.4 Å². The van der Waals surface area contributed by atoms with Gasteiger partial charge in [0.15, 0.2) is 0 Å². The number of carbonyl (C=O) groups is 1. The Labute approximate surface area is 116 Å². The van der Waals surface area contributed by atoms with Crippen molar-refractivity contribution >= 4 is 5.91 Å². The van der Waals surface area contributed by atoms with Crippen molar-refractivity contribution in [1.29, 1.82) is 0 Å². The van der Waals surface area contributed by atoms with E-state index in [9.17, 15) is 4.79 Å². The van der Waals surface area contributed by atoms with Crippen molar-refractivity contribution in [3.05, 3.63) is 0 Å². The number of amides is 1. The second-order valence-electron chi connectivity index (χ2n) is 7.04. The fourth-order valence-corrected chi connectivity index (χ4v) is 4.69. The van der Waals surface area contributed by atoms with Gasteiger partial charge in [0.2, 0.25) is 5.91 Å². The second-order valence-corrected chi connectivity index (χ2v) is 7.04. The highest BCUT2D eigenvalue weighted by molar-refractivity contribution is 5.76. The molecule has 19 heavy (non-hydrogen) atoms. The van der Waals surface area contributed by atoms with Gasteiger partial charge in [-0.25, -0.2) is 0 Å². The Kier molecular flexibility index (Phi) is 4.11. The third-order valence-corrected chi connectivity index (χ3v) is 5.86. The summed E-state index contributed by atoms with van der Waals surface area (Å²) in [5.41, 5.74) is 5.62. The van der Waals surface area contributed by atoms with Gasteiger partial charge < -0.3 is 10.6 Å². The number of likely N-dealkylation sites (tertiary alicyclic amines) is 1. The van der Waals surface area contributed by atoms with E-state index < -0.39 is 0 Å². The van der Waals surface area contributed by atoms with Crippen LogP contribution in [-0.2, 0) is 4.79 Å². The number of carbonyl (C=O) groups excluding carboxylic acids is 1. The normalized spacial score (nSPS) is 35.0. The highest BCUT2D eigenvalue weighted by atomic mass is 16.2. The lowest BCUT2D eigenvalue weighted by Crippen LogP contribution is -2.39. The zero-order chi connectivity index (χ0) is 13.2. The lowest BCUT2D eigenvalue weighted by atomic mass is 9.85. The van der Waals surface area contributed by atoms with Crippen molar-refractivity contribution in [2.45, 2.75) is 51.4 Å². The molecule has 0 aromatic heterocycles. The molecule has 1 saturated heterocycles. The van der Waals surface area contributed by atoms with Gasteiger partial charge in [0.05, 0.1) is 0 Å². The Bertz CT molecular complexity index is 323. The molecule has 3 nitrogen and oxygen atoms in total. The van der Waals surface area contributed by atoms with Gasteiger partial charge in [-0.3, -0.25) is 4.79 Å². The van der Waals surface area contributed by atoms with Crippen molar-refractivity contribution in [3.63, 3.8) is 0 Å². The predicted molar refractivity (Wildman–Crippen MR) is 76.5 cm³/mol. The van der Waals surface area contributed by atoms with E-state index in [0.29, 0.717) is 11.8 Å². The Balaban J connectivity index is 1.44. The van der Waals surface area contributed by atoms with Crippen molar-refractivity contribution in [2.24, 2.45) is 29.4 Å². The van der Waals surface area contributed by atoms with Crippen molar-refractivity contribution in [3.8, 4) is 0 Å². The molecule has 3 atom stereocenters. The number of hydrogen-bond acceptors (Lipinski definition) is 2. The maximum Gasteiger partial charge on any atom is 0.222 e. The first-order valence-corrected chi connectivity index (χ1v) is 8.24. The molecule has 2 aliphatic carbocycles. The highest BCUT2D eigenvalue weighted by Crippen LogP contribution is 2.49. The minimum Gasteiger partial charge on any atom is -0.343 e. The van der Waals surface area contributed by atoms with E-state index >= 15 is 0 Å². The molecule has 0 radical (unpaired) electrons. The molecular weight excluding hydrogens is 236 g/mol. The summed E-state index contributed by atoms with van der Waals surface area (Å²) in [6.07, 6.45) is 9.87. The number of nitrogens with zero attached hydrogens (tertiary/aromatic N) is 1. The second kappa shape index (κ2) is 5.82. The summed E-state index contributed by atoms with van der Waals surface area (Å²) in [6, 6.07) is 0. The molecule has 3 fully saturated rings. The predicted octanol–water partition coefficient (Wildman–Crippen LogP) is 2.40. The molecule has 108 valence electrons. The fourth-order valence-electron chi connectivity index (χ4n) is 4.69. The van der Waals surface area contributed by atoms with Crippen LogP contribution < -0.4 is 5.73 Å². The van der Waals surface area contributed by atoms with E-state index in [4.69, 9.17) is 5.73 Å². The standard InChI is InChI=1S/C16H28N2O/c17-6-3-12-4-7-18(8-5-12)16(19)11-15-10-13-1-2-14(15)9-13/h12-15H,1-11,17H2. The maximum absolute atomic E-state index is 12.4. The quantitative estimate of drug-likeness (QED) is 0.847. The molecule has 3 heteroatoms. The van der Waals surface area contributed by atoms with Crippen molar-refractivity contribution < 1.29 is 4.79 Å². The Morgan fingerprint density at radius 2 is 1.89 bits per heavy atom. The van der Waals surface area contributed by atoms with Crippen LogP contribution in [0.25, 0.3) is 0 Å². The van der Waals surface area contributed by atoms with E-state index in [1.165, 1.54) is 38.5 Å². The molecular formula is C16H28N2O. The van der Waals surface area contributed by atoms with Crippen LogP contribution in [0.2, 0.25) is 0 Å². The first kappa shape index (κ1) is 13.4. The van der Waals surface area contributed by atoms with Crippen LogP contribution in [0.15, 0.2) is 0 Å². The van der Waals surface area contributed by atoms with Gasteiger partial charge in [-0.1, -0.05) is 6.42 Å². The lowest BCUT2D eigenvalue weighted by Gasteiger charge is -2.33. The third-order valence-electron chi connectivity index (χ3n) is 5.86. The molecule has 0 aromatic carbocycles. The molecule has 1 heterocycles. The largest absolute Gasteiger partial charge is 0.343 e. The van der Waals surface area contributed by atoms with Crippen LogP contribution in [0, 0.1) is 23.7 Å². The summed E-state index contributed by atoms with van der Waals surface area (Å²) in [4.78, 5) is 14.5. The first-order valence-electron chi connectivity index (χ1n) is 8.24. The molecule has 1 aliphatic heterocycles. The molecule has 0 aromatic rings. The van der Waals surface area contributed by atoms with E-state index in [1.807, 2.05) is 0 Å². The number of fused-ring (bicyclic) bond motifs is 2. The Hall–Kier alpha value is -0.570. The Morgan fingerprint density at radius 1 is 1.11 bits per heavy atom. The molecule has 2 saturated carbocycles. The summed E-state index contributed by atoms with van der Waals surface area (Å²) in [7, 11) is 0. The van der Waals surface area contributed by atoms with Gasteiger partial charge in [-0.2, -0.15) is 0 Å². The number of nitrogens with two attached hydrogens (primary N) is 1. The molecule has 1 amide bonds. The average Bonchev–Trinajstić information content (AvgIpc) is 3.02. The SMILES string of the molecule is NCCC1CCN(C(=O)CC2CC3CCC2C3)CC1. The minimum atomic E-state index is 0.434. The van der Waals surface area contributed by atoms with Gasteiger partial charge in [0.1, 0.15) is 0 Å². The van der Waals surface area contributed by atoms with Gasteiger partial charge in [-0.05, 0) is 68.7 Å². The summed E-state index contributed by atoms with van der Waals surface area (Å²) in [5, 5.41) is 0. The summed E-state index contributed by atoms with van der Waals surface area (Å²) < 4.78 is 0. The first-order chi connectivity index (χ1) is 9.26. The summed E-state index contributed by atoms with van der Waals surface area (Å²) >= 11 is 0. The fraction of sp³-hybridized carbons (Fsp3) is 0.938. The minimum absolute atomic E-state index is 0.434. The van der Waals surface area contributed by atoms with Crippen LogP contribution in [0.4, 0.5) is 0 Å². The molecule has 3 rings (SSSR count). The van der Waals surface area contributed by atoms with Crippen molar-refractivity contribution in [2.75, 3.05) is 19.6 Å². The molecule has 0 spiro atoms. The van der Waals surface area contributed by atoms with E-state index in [2.05, 4.69) is 4.90 Å². The van der Waals surface area contributed by atoms with Crippen LogP contribution in [0.5, 0.6) is 0 Å². The van der Waals surface area contributed by atoms with Gasteiger partial charge in [-0.15, -0.1) is 0 Å². The number of hydrogen-bond donors (Lipinski definition) is 1. The molecule has 3 unspecified atom stereocenters. The van der Waals surface area contributed by atoms with Gasteiger partial charge >= 0.3 is 0 Å². The van der Waals surface area contributed by atoms with Crippen LogP contribution >= 0.6 is 0 Å². The summed E-state index contributed by atoms with van der Waals surface area (Å²) in [6.45, 7) is 2.75. The monoisotopic (exact) mass is 264 g/mol. The van der Waals surface area contributed by atoms with Gasteiger partial charge in [0, 0.05) is 19.5 Å². The number of rotatable bonds is 4. The zero-order valence-corrected chi connectivity index (χ0v) is 12.0. The molecule has 2 bridgehead atoms. The van der Waals surface area contributed by atoms with E-state index in [-0.39, 0.29) is 0 Å². The third kappa shape index (κ3) is 2.96. The highest BCUT2D eigenvalue weighted by Gasteiger charge is 2.40. The zero-order valence-electron chi connectivity index (χ0n) is 12.0. The topological polar surface area (TPSA) is 46.3 Å². The van der Waals surface area contributed by atoms with Crippen LogP contribution in [0.3, 0.4) is 0 Å². The van der Waals surface area contributed by atoms with E-state index in [1.54, 1.807) is 0 Å². The van der Waals surface area contributed by atoms with Crippen LogP contribution in [0.1, 0.15) is 51.4 Å². The molecule has 3 aliphatic rings. The number of piperidine rings is 1. The molecule has 2 N–H and O–H groups in total. The summed E-state index contributed by atoms with van der Waals surface area (Å²) in [5.74, 6) is 3.75. The van der Waals surface area contributed by atoms with E-state index in [0.717, 1.165) is 50.2 Å².